The highest BCUT2D eigenvalue weighted by molar-refractivity contribution is 5.89. The molecule has 0 unspecified atom stereocenters. The molecule has 0 atom stereocenters. The van der Waals surface area contributed by atoms with Gasteiger partial charge in [-0.25, -0.2) is 13.6 Å². The number of aryl methyl sites for hydroxylation is 1. The van der Waals surface area contributed by atoms with E-state index < -0.39 is 18.0 Å². The first-order chi connectivity index (χ1) is 12.4. The number of carbonyl (C=O) groups excluding carboxylic acids is 1. The van der Waals surface area contributed by atoms with Gasteiger partial charge in [-0.1, -0.05) is 25.7 Å². The van der Waals surface area contributed by atoms with Crippen molar-refractivity contribution in [3.8, 4) is 0 Å². The number of amides is 2. The van der Waals surface area contributed by atoms with Crippen LogP contribution in [0.4, 0.5) is 19.4 Å². The smallest absolute Gasteiger partial charge is 0.320 e. The third-order valence-electron chi connectivity index (χ3n) is 6.27. The number of hydrogen-bond donors (Lipinski definition) is 2. The van der Waals surface area contributed by atoms with Crippen LogP contribution in [-0.2, 0) is 7.05 Å². The summed E-state index contributed by atoms with van der Waals surface area (Å²) in [5, 5.41) is 10.4. The summed E-state index contributed by atoms with van der Waals surface area (Å²) in [6.07, 6.45) is 9.05. The average Bonchev–Trinajstić information content (AvgIpc) is 2.82. The lowest BCUT2D eigenvalue weighted by atomic mass is 9.76. The van der Waals surface area contributed by atoms with Crippen LogP contribution in [0.1, 0.15) is 87.3 Å². The Hall–Kier alpha value is -1.66. The monoisotopic (exact) mass is 366 g/mol. The Bertz CT molecular complexity index is 669. The lowest BCUT2D eigenvalue weighted by molar-refractivity contribution is -0.0893. The second kappa shape index (κ2) is 6.82. The second-order valence-electron chi connectivity index (χ2n) is 8.29. The minimum Gasteiger partial charge on any atom is -0.335 e. The maximum Gasteiger partial charge on any atom is 0.320 e. The van der Waals surface area contributed by atoms with Crippen molar-refractivity contribution >= 4 is 11.8 Å². The van der Waals surface area contributed by atoms with E-state index in [-0.39, 0.29) is 12.8 Å². The molecule has 7 heteroatoms. The molecule has 0 aliphatic heterocycles. The molecule has 0 bridgehead atoms. The zero-order valence-corrected chi connectivity index (χ0v) is 15.4. The first kappa shape index (κ1) is 17.7. The van der Waals surface area contributed by atoms with Crippen LogP contribution in [0.15, 0.2) is 0 Å². The highest BCUT2D eigenvalue weighted by Crippen LogP contribution is 2.46. The Kier molecular flexibility index (Phi) is 4.65. The molecule has 0 aromatic carbocycles. The molecule has 26 heavy (non-hydrogen) atoms. The van der Waals surface area contributed by atoms with Gasteiger partial charge in [0, 0.05) is 37.4 Å². The molecular formula is C19H28F2N4O. The molecule has 1 aromatic rings. The van der Waals surface area contributed by atoms with E-state index in [0.717, 1.165) is 24.4 Å². The van der Waals surface area contributed by atoms with E-state index in [0.29, 0.717) is 11.8 Å². The maximum atomic E-state index is 13.0. The van der Waals surface area contributed by atoms with Gasteiger partial charge >= 0.3 is 6.03 Å². The van der Waals surface area contributed by atoms with Gasteiger partial charge in [0.05, 0.1) is 5.69 Å². The zero-order chi connectivity index (χ0) is 18.3. The van der Waals surface area contributed by atoms with Crippen LogP contribution in [0.5, 0.6) is 0 Å². The van der Waals surface area contributed by atoms with Gasteiger partial charge in [-0.2, -0.15) is 5.10 Å². The number of hydrogen-bond acceptors (Lipinski definition) is 2. The molecule has 0 saturated heterocycles. The molecule has 3 fully saturated rings. The van der Waals surface area contributed by atoms with E-state index in [1.54, 1.807) is 4.68 Å². The minimum absolute atomic E-state index is 0.269. The Labute approximate surface area is 152 Å². The largest absolute Gasteiger partial charge is 0.335 e. The Morgan fingerprint density at radius 3 is 2.31 bits per heavy atom. The van der Waals surface area contributed by atoms with Crippen molar-refractivity contribution in [3.63, 3.8) is 0 Å². The third kappa shape index (κ3) is 3.45. The predicted octanol–water partition coefficient (Wildman–Crippen LogP) is 4.65. The number of rotatable bonds is 4. The Balaban J connectivity index is 1.51. The Morgan fingerprint density at radius 1 is 1.08 bits per heavy atom. The van der Waals surface area contributed by atoms with Crippen LogP contribution in [0, 0.1) is 0 Å². The van der Waals surface area contributed by atoms with Gasteiger partial charge in [0.1, 0.15) is 5.82 Å². The summed E-state index contributed by atoms with van der Waals surface area (Å²) in [6.45, 7) is 0. The van der Waals surface area contributed by atoms with Crippen molar-refractivity contribution in [2.45, 2.75) is 88.0 Å². The quantitative estimate of drug-likeness (QED) is 0.814. The molecule has 2 N–H and O–H groups in total. The maximum absolute atomic E-state index is 13.0. The van der Waals surface area contributed by atoms with Crippen LogP contribution in [0.2, 0.25) is 0 Å². The molecule has 3 aliphatic carbocycles. The Morgan fingerprint density at radius 2 is 1.73 bits per heavy atom. The number of anilines is 1. The predicted molar refractivity (Wildman–Crippen MR) is 95.7 cm³/mol. The number of aromatic nitrogens is 2. The van der Waals surface area contributed by atoms with Crippen molar-refractivity contribution in [2.24, 2.45) is 7.05 Å². The molecule has 0 radical (unpaired) electrons. The first-order valence-electron chi connectivity index (χ1n) is 9.95. The van der Waals surface area contributed by atoms with Gasteiger partial charge in [-0.3, -0.25) is 10.00 Å². The molecule has 0 spiro atoms. The van der Waals surface area contributed by atoms with Crippen molar-refractivity contribution in [3.05, 3.63) is 11.3 Å². The summed E-state index contributed by atoms with van der Waals surface area (Å²) in [7, 11) is 1.86. The molecular weight excluding hydrogens is 338 g/mol. The van der Waals surface area contributed by atoms with Crippen LogP contribution in [-0.4, -0.2) is 27.8 Å². The lowest BCUT2D eigenvalue weighted by Gasteiger charge is -2.35. The SMILES string of the molecule is Cn1nc(C2CCCCC2)c(C2CCC2)c1NC(=O)NC1CC(F)(F)C1. The van der Waals surface area contributed by atoms with Crippen molar-refractivity contribution in [1.82, 2.24) is 15.1 Å². The summed E-state index contributed by atoms with van der Waals surface area (Å²) >= 11 is 0. The molecule has 3 aliphatic rings. The minimum atomic E-state index is -2.63. The fourth-order valence-electron chi connectivity index (χ4n) is 4.58. The highest BCUT2D eigenvalue weighted by atomic mass is 19.3. The summed E-state index contributed by atoms with van der Waals surface area (Å²) in [6, 6.07) is -0.840. The average molecular weight is 366 g/mol. The number of halogens is 2. The van der Waals surface area contributed by atoms with Crippen molar-refractivity contribution in [2.75, 3.05) is 5.32 Å². The van der Waals surface area contributed by atoms with Crippen LogP contribution in [0.3, 0.4) is 0 Å². The third-order valence-corrected chi connectivity index (χ3v) is 6.27. The standard InChI is InChI=1S/C19H28F2N4O/c1-25-17(23-18(26)22-14-10-19(20,21)11-14)15(12-8-5-9-12)16(24-25)13-6-3-2-4-7-13/h12-14H,2-11H2,1H3,(H2,22,23,26). The summed E-state index contributed by atoms with van der Waals surface area (Å²) in [5.41, 5.74) is 2.35. The van der Waals surface area contributed by atoms with E-state index in [1.165, 1.54) is 44.1 Å². The van der Waals surface area contributed by atoms with Gasteiger partial charge in [0.2, 0.25) is 0 Å². The molecule has 4 rings (SSSR count). The second-order valence-corrected chi connectivity index (χ2v) is 8.29. The highest BCUT2D eigenvalue weighted by Gasteiger charge is 2.46. The normalized spacial score (nSPS) is 24.0. The van der Waals surface area contributed by atoms with Crippen molar-refractivity contribution in [1.29, 1.82) is 0 Å². The van der Waals surface area contributed by atoms with E-state index in [4.69, 9.17) is 5.10 Å². The molecule has 1 aromatic heterocycles. The number of alkyl halides is 2. The molecule has 3 saturated carbocycles. The van der Waals surface area contributed by atoms with Gasteiger partial charge in [-0.15, -0.1) is 0 Å². The van der Waals surface area contributed by atoms with Gasteiger partial charge in [-0.05, 0) is 31.6 Å². The summed E-state index contributed by atoms with van der Waals surface area (Å²) < 4.78 is 27.7. The van der Waals surface area contributed by atoms with Crippen LogP contribution >= 0.6 is 0 Å². The lowest BCUT2D eigenvalue weighted by Crippen LogP contribution is -2.51. The summed E-state index contributed by atoms with van der Waals surface area (Å²) in [4.78, 5) is 12.3. The van der Waals surface area contributed by atoms with Gasteiger partial charge in [0.25, 0.3) is 5.92 Å². The fraction of sp³-hybridized carbons (Fsp3) is 0.789. The molecule has 144 valence electrons. The van der Waals surface area contributed by atoms with Crippen LogP contribution < -0.4 is 10.6 Å². The van der Waals surface area contributed by atoms with E-state index in [1.807, 2.05) is 7.05 Å². The number of urea groups is 1. The van der Waals surface area contributed by atoms with Crippen LogP contribution in [0.25, 0.3) is 0 Å². The molecule has 1 heterocycles. The summed E-state index contributed by atoms with van der Waals surface area (Å²) in [5.74, 6) is -0.937. The van der Waals surface area contributed by atoms with Gasteiger partial charge < -0.3 is 5.32 Å². The molecule has 2 amide bonds. The van der Waals surface area contributed by atoms with E-state index in [2.05, 4.69) is 10.6 Å². The first-order valence-corrected chi connectivity index (χ1v) is 9.95. The fourth-order valence-corrected chi connectivity index (χ4v) is 4.58. The number of carbonyl (C=O) groups is 1. The topological polar surface area (TPSA) is 59.0 Å². The van der Waals surface area contributed by atoms with Crippen molar-refractivity contribution < 1.29 is 13.6 Å². The van der Waals surface area contributed by atoms with E-state index in [9.17, 15) is 13.6 Å². The number of nitrogens with zero attached hydrogens (tertiary/aromatic N) is 2. The zero-order valence-electron chi connectivity index (χ0n) is 15.4. The molecule has 5 nitrogen and oxygen atoms in total. The van der Waals surface area contributed by atoms with Gasteiger partial charge in [0.15, 0.2) is 0 Å². The number of nitrogens with one attached hydrogen (secondary N) is 2. The van der Waals surface area contributed by atoms with E-state index >= 15 is 0 Å².